The Labute approximate surface area is 136 Å². The van der Waals surface area contributed by atoms with E-state index in [4.69, 9.17) is 8.83 Å². The van der Waals surface area contributed by atoms with E-state index in [1.54, 1.807) is 12.5 Å². The van der Waals surface area contributed by atoms with Crippen LogP contribution in [-0.4, -0.2) is 5.91 Å². The highest BCUT2D eigenvalue weighted by Crippen LogP contribution is 2.25. The van der Waals surface area contributed by atoms with E-state index in [1.807, 2.05) is 48.5 Å². The summed E-state index contributed by atoms with van der Waals surface area (Å²) in [6.45, 7) is 0.352. The molecule has 0 saturated heterocycles. The van der Waals surface area contributed by atoms with Gasteiger partial charge in [-0.25, -0.2) is 0 Å². The molecular formula is C18H13NO3S. The minimum absolute atomic E-state index is 0.0903. The highest BCUT2D eigenvalue weighted by Gasteiger charge is 2.11. The molecule has 4 nitrogen and oxygen atoms in total. The highest BCUT2D eigenvalue weighted by atomic mass is 32.1. The van der Waals surface area contributed by atoms with E-state index >= 15 is 0 Å². The number of carbonyl (C=O) groups excluding carboxylic acids is 1. The number of benzene rings is 1. The molecule has 0 radical (unpaired) electrons. The summed E-state index contributed by atoms with van der Waals surface area (Å²) in [5.41, 5.74) is 0.882. The van der Waals surface area contributed by atoms with Crippen LogP contribution in [0.25, 0.3) is 21.4 Å². The molecule has 0 aliphatic heterocycles. The fourth-order valence-electron chi connectivity index (χ4n) is 2.38. The van der Waals surface area contributed by atoms with Crippen LogP contribution < -0.4 is 5.32 Å². The van der Waals surface area contributed by atoms with Crippen molar-refractivity contribution in [1.29, 1.82) is 0 Å². The summed E-state index contributed by atoms with van der Waals surface area (Å²) in [4.78, 5) is 13.0. The molecule has 23 heavy (non-hydrogen) atoms. The van der Waals surface area contributed by atoms with E-state index in [2.05, 4.69) is 5.32 Å². The number of fused-ring (bicyclic) bond motifs is 1. The van der Waals surface area contributed by atoms with Crippen LogP contribution in [0.15, 0.2) is 69.9 Å². The van der Waals surface area contributed by atoms with E-state index in [0.29, 0.717) is 17.2 Å². The van der Waals surface area contributed by atoms with Gasteiger partial charge in [0.05, 0.1) is 23.2 Å². The lowest BCUT2D eigenvalue weighted by Crippen LogP contribution is -2.21. The molecule has 0 aliphatic rings. The molecule has 4 rings (SSSR count). The zero-order valence-corrected chi connectivity index (χ0v) is 12.9. The first-order chi connectivity index (χ1) is 11.3. The molecule has 114 valence electrons. The predicted octanol–water partition coefficient (Wildman–Crippen LogP) is 4.68. The lowest BCUT2D eigenvalue weighted by Gasteiger charge is -2.00. The Morgan fingerprint density at radius 2 is 2.04 bits per heavy atom. The number of furan rings is 2. The zero-order chi connectivity index (χ0) is 15.6. The smallest absolute Gasteiger partial charge is 0.261 e. The summed E-state index contributed by atoms with van der Waals surface area (Å²) in [7, 11) is 0. The van der Waals surface area contributed by atoms with Crippen LogP contribution in [0.3, 0.4) is 0 Å². The number of amides is 1. The molecule has 3 heterocycles. The number of rotatable bonds is 4. The van der Waals surface area contributed by atoms with Gasteiger partial charge >= 0.3 is 0 Å². The standard InChI is InChI=1S/C18H13NO3S/c20-18(17-9-12-3-1-2-4-16(12)23-17)19-10-14-5-6-15(22-14)13-7-8-21-11-13/h1-9,11H,10H2,(H,19,20). The van der Waals surface area contributed by atoms with Crippen LogP contribution in [0.5, 0.6) is 0 Å². The summed E-state index contributed by atoms with van der Waals surface area (Å²) in [5, 5.41) is 3.98. The molecule has 0 fully saturated rings. The van der Waals surface area contributed by atoms with E-state index in [1.165, 1.54) is 11.3 Å². The van der Waals surface area contributed by atoms with Gasteiger partial charge in [0.15, 0.2) is 0 Å². The van der Waals surface area contributed by atoms with Gasteiger partial charge in [-0.1, -0.05) is 18.2 Å². The quantitative estimate of drug-likeness (QED) is 0.593. The number of nitrogens with one attached hydrogen (secondary N) is 1. The zero-order valence-electron chi connectivity index (χ0n) is 12.1. The fraction of sp³-hybridized carbons (Fsp3) is 0.0556. The average molecular weight is 323 g/mol. The van der Waals surface area contributed by atoms with Gasteiger partial charge in [-0.2, -0.15) is 0 Å². The first-order valence-electron chi connectivity index (χ1n) is 7.18. The van der Waals surface area contributed by atoms with E-state index in [9.17, 15) is 4.79 Å². The van der Waals surface area contributed by atoms with Crippen molar-refractivity contribution in [2.75, 3.05) is 0 Å². The summed E-state index contributed by atoms with van der Waals surface area (Å²) < 4.78 is 11.8. The van der Waals surface area contributed by atoms with E-state index in [-0.39, 0.29) is 5.91 Å². The van der Waals surface area contributed by atoms with Crippen LogP contribution in [0.1, 0.15) is 15.4 Å². The van der Waals surface area contributed by atoms with Crippen molar-refractivity contribution in [2.45, 2.75) is 6.54 Å². The molecule has 0 atom stereocenters. The van der Waals surface area contributed by atoms with E-state index in [0.717, 1.165) is 21.4 Å². The molecule has 5 heteroatoms. The Morgan fingerprint density at radius 1 is 1.13 bits per heavy atom. The van der Waals surface area contributed by atoms with Gasteiger partial charge in [0.2, 0.25) is 0 Å². The second kappa shape index (κ2) is 5.78. The maximum absolute atomic E-state index is 12.3. The molecule has 1 amide bonds. The second-order valence-corrected chi connectivity index (χ2v) is 6.19. The van der Waals surface area contributed by atoms with Gasteiger partial charge in [0, 0.05) is 4.70 Å². The molecule has 0 saturated carbocycles. The third-order valence-corrected chi connectivity index (χ3v) is 4.65. The first-order valence-corrected chi connectivity index (χ1v) is 7.99. The molecule has 4 aromatic rings. The molecule has 3 aromatic heterocycles. The van der Waals surface area contributed by atoms with Crippen molar-refractivity contribution in [3.63, 3.8) is 0 Å². The maximum atomic E-state index is 12.3. The van der Waals surface area contributed by atoms with Crippen LogP contribution >= 0.6 is 11.3 Å². The van der Waals surface area contributed by atoms with E-state index < -0.39 is 0 Å². The monoisotopic (exact) mass is 323 g/mol. The summed E-state index contributed by atoms with van der Waals surface area (Å²) in [6, 6.07) is 15.4. The number of thiophene rings is 1. The second-order valence-electron chi connectivity index (χ2n) is 5.11. The van der Waals surface area contributed by atoms with Crippen LogP contribution in [-0.2, 0) is 6.54 Å². The molecule has 0 bridgehead atoms. The Balaban J connectivity index is 1.45. The SMILES string of the molecule is O=C(NCc1ccc(-c2ccoc2)o1)c1cc2ccccc2s1. The van der Waals surface area contributed by atoms with Gasteiger partial charge in [-0.3, -0.25) is 4.79 Å². The molecule has 1 aromatic carbocycles. The van der Waals surface area contributed by atoms with Crippen molar-refractivity contribution < 1.29 is 13.6 Å². The van der Waals surface area contributed by atoms with Crippen molar-refractivity contribution in [1.82, 2.24) is 5.32 Å². The first kappa shape index (κ1) is 13.8. The summed E-state index contributed by atoms with van der Waals surface area (Å²) in [5.74, 6) is 1.34. The van der Waals surface area contributed by atoms with Gasteiger partial charge in [0.25, 0.3) is 5.91 Å². The number of hydrogen-bond acceptors (Lipinski definition) is 4. The summed E-state index contributed by atoms with van der Waals surface area (Å²) in [6.07, 6.45) is 3.22. The van der Waals surface area contributed by atoms with Crippen LogP contribution in [0, 0.1) is 0 Å². The molecular weight excluding hydrogens is 310 g/mol. The lowest BCUT2D eigenvalue weighted by atomic mass is 10.2. The fourth-order valence-corrected chi connectivity index (χ4v) is 3.36. The third-order valence-electron chi connectivity index (χ3n) is 3.54. The van der Waals surface area contributed by atoms with Crippen molar-refractivity contribution in [2.24, 2.45) is 0 Å². The maximum Gasteiger partial charge on any atom is 0.261 e. The summed E-state index contributed by atoms with van der Waals surface area (Å²) >= 11 is 1.49. The molecule has 0 spiro atoms. The minimum atomic E-state index is -0.0903. The Hall–Kier alpha value is -2.79. The number of carbonyl (C=O) groups is 1. The Bertz CT molecular complexity index is 917. The minimum Gasteiger partial charge on any atom is -0.472 e. The largest absolute Gasteiger partial charge is 0.472 e. The van der Waals surface area contributed by atoms with Gasteiger partial charge < -0.3 is 14.2 Å². The van der Waals surface area contributed by atoms with Crippen LogP contribution in [0.4, 0.5) is 0 Å². The van der Waals surface area contributed by atoms with Gasteiger partial charge in [-0.15, -0.1) is 11.3 Å². The molecule has 1 N–H and O–H groups in total. The Morgan fingerprint density at radius 3 is 2.87 bits per heavy atom. The number of hydrogen-bond donors (Lipinski definition) is 1. The molecule has 0 aliphatic carbocycles. The van der Waals surface area contributed by atoms with Crippen molar-refractivity contribution in [3.05, 3.63) is 71.7 Å². The predicted molar refractivity (Wildman–Crippen MR) is 89.4 cm³/mol. The van der Waals surface area contributed by atoms with Gasteiger partial charge in [-0.05, 0) is 35.7 Å². The topological polar surface area (TPSA) is 55.4 Å². The van der Waals surface area contributed by atoms with Crippen molar-refractivity contribution >= 4 is 27.3 Å². The third kappa shape index (κ3) is 2.78. The van der Waals surface area contributed by atoms with Crippen molar-refractivity contribution in [3.8, 4) is 11.3 Å². The highest BCUT2D eigenvalue weighted by molar-refractivity contribution is 7.20. The Kier molecular flexibility index (Phi) is 3.48. The van der Waals surface area contributed by atoms with Crippen LogP contribution in [0.2, 0.25) is 0 Å². The molecule has 0 unspecified atom stereocenters. The normalized spacial score (nSPS) is 11.0. The van der Waals surface area contributed by atoms with Gasteiger partial charge in [0.1, 0.15) is 17.8 Å². The average Bonchev–Trinajstić information content (AvgIpc) is 3.31. The lowest BCUT2D eigenvalue weighted by molar-refractivity contribution is 0.0952.